The number of ether oxygens (including phenoxy) is 1. The molecule has 130 valence electrons. The summed E-state index contributed by atoms with van der Waals surface area (Å²) >= 11 is 0. The Morgan fingerprint density at radius 2 is 1.96 bits per heavy atom. The molecule has 0 N–H and O–H groups in total. The molecule has 0 aromatic carbocycles. The van der Waals surface area contributed by atoms with Crippen molar-refractivity contribution in [1.29, 1.82) is 0 Å². The molecule has 0 aliphatic heterocycles. The van der Waals surface area contributed by atoms with Crippen LogP contribution in [0.5, 0.6) is 0 Å². The minimum absolute atomic E-state index is 0.325. The number of hydrogen-bond acceptors (Lipinski definition) is 6. The fourth-order valence-corrected chi connectivity index (χ4v) is 3.54. The number of hydrogen-bond donors (Lipinski definition) is 0. The van der Waals surface area contributed by atoms with E-state index < -0.39 is 0 Å². The molecule has 6 nitrogen and oxygen atoms in total. The third-order valence-electron chi connectivity index (χ3n) is 4.76. The van der Waals surface area contributed by atoms with E-state index in [9.17, 15) is 4.79 Å². The summed E-state index contributed by atoms with van der Waals surface area (Å²) in [7, 11) is 2.05. The lowest BCUT2D eigenvalue weighted by molar-refractivity contribution is 0.0526. The standard InChI is InChI=1S/C18H25N3O3/c1-5-23-18(22)14-11(2)24-17-15(14)16(19-12(3)20-17)21(4)13-9-7-6-8-10-13/h13H,5-10H2,1-4H3. The number of furan rings is 1. The maximum absolute atomic E-state index is 12.4. The van der Waals surface area contributed by atoms with Crippen molar-refractivity contribution in [3.05, 3.63) is 17.1 Å². The predicted octanol–water partition coefficient (Wildman–Crippen LogP) is 3.79. The fourth-order valence-electron chi connectivity index (χ4n) is 3.54. The summed E-state index contributed by atoms with van der Waals surface area (Å²) < 4.78 is 11.0. The molecule has 0 bridgehead atoms. The van der Waals surface area contributed by atoms with E-state index in [1.54, 1.807) is 13.8 Å². The van der Waals surface area contributed by atoms with Gasteiger partial charge in [0.2, 0.25) is 5.71 Å². The van der Waals surface area contributed by atoms with Gasteiger partial charge in [0.25, 0.3) is 0 Å². The van der Waals surface area contributed by atoms with E-state index in [1.807, 2.05) is 6.92 Å². The van der Waals surface area contributed by atoms with Crippen LogP contribution in [0, 0.1) is 13.8 Å². The summed E-state index contributed by atoms with van der Waals surface area (Å²) in [4.78, 5) is 23.6. The summed E-state index contributed by atoms with van der Waals surface area (Å²) in [5.74, 6) is 1.56. The monoisotopic (exact) mass is 331 g/mol. The van der Waals surface area contributed by atoms with Gasteiger partial charge in [-0.15, -0.1) is 0 Å². The van der Waals surface area contributed by atoms with Gasteiger partial charge in [0.05, 0.1) is 12.0 Å². The van der Waals surface area contributed by atoms with E-state index in [-0.39, 0.29) is 5.97 Å². The lowest BCUT2D eigenvalue weighted by Crippen LogP contribution is -2.34. The Morgan fingerprint density at radius 3 is 2.62 bits per heavy atom. The Hall–Kier alpha value is -2.11. The Kier molecular flexibility index (Phi) is 4.73. The molecule has 2 aromatic heterocycles. The number of aromatic nitrogens is 2. The minimum atomic E-state index is -0.375. The summed E-state index contributed by atoms with van der Waals surface area (Å²) in [5, 5.41) is 0.671. The van der Waals surface area contributed by atoms with Crippen LogP contribution in [0.15, 0.2) is 4.42 Å². The molecule has 1 fully saturated rings. The summed E-state index contributed by atoms with van der Waals surface area (Å²) in [5.41, 5.74) is 0.908. The second kappa shape index (κ2) is 6.79. The topological polar surface area (TPSA) is 68.5 Å². The van der Waals surface area contributed by atoms with Crippen LogP contribution in [0.3, 0.4) is 0 Å². The zero-order valence-electron chi connectivity index (χ0n) is 14.9. The molecule has 0 unspecified atom stereocenters. The van der Waals surface area contributed by atoms with Crippen LogP contribution >= 0.6 is 0 Å². The van der Waals surface area contributed by atoms with Crippen molar-refractivity contribution in [3.8, 4) is 0 Å². The van der Waals surface area contributed by atoms with Crippen molar-refractivity contribution < 1.29 is 13.9 Å². The van der Waals surface area contributed by atoms with E-state index in [2.05, 4.69) is 21.9 Å². The molecular weight excluding hydrogens is 306 g/mol. The van der Waals surface area contributed by atoms with Crippen LogP contribution in [0.2, 0.25) is 0 Å². The number of carbonyl (C=O) groups excluding carboxylic acids is 1. The molecule has 0 atom stereocenters. The van der Waals surface area contributed by atoms with Gasteiger partial charge in [0.1, 0.15) is 23.0 Å². The molecule has 1 saturated carbocycles. The van der Waals surface area contributed by atoms with Gasteiger partial charge in [-0.25, -0.2) is 9.78 Å². The molecule has 1 aliphatic rings. The van der Waals surface area contributed by atoms with E-state index in [1.165, 1.54) is 19.3 Å². The largest absolute Gasteiger partial charge is 0.462 e. The number of anilines is 1. The first kappa shape index (κ1) is 16.7. The lowest BCUT2D eigenvalue weighted by Gasteiger charge is -2.32. The number of esters is 1. The van der Waals surface area contributed by atoms with Crippen LogP contribution in [-0.2, 0) is 4.74 Å². The summed E-state index contributed by atoms with van der Waals surface area (Å²) in [6.45, 7) is 5.74. The molecule has 6 heteroatoms. The second-order valence-corrected chi connectivity index (χ2v) is 6.43. The molecular formula is C18H25N3O3. The number of nitrogens with zero attached hydrogens (tertiary/aromatic N) is 3. The molecule has 2 aromatic rings. The van der Waals surface area contributed by atoms with E-state index in [0.717, 1.165) is 18.7 Å². The number of fused-ring (bicyclic) bond motifs is 1. The first-order valence-electron chi connectivity index (χ1n) is 8.70. The van der Waals surface area contributed by atoms with Crippen LogP contribution in [-0.4, -0.2) is 35.6 Å². The molecule has 2 heterocycles. The number of carbonyl (C=O) groups is 1. The van der Waals surface area contributed by atoms with Crippen molar-refractivity contribution in [1.82, 2.24) is 9.97 Å². The van der Waals surface area contributed by atoms with Crippen molar-refractivity contribution in [2.45, 2.75) is 58.9 Å². The Morgan fingerprint density at radius 1 is 1.25 bits per heavy atom. The highest BCUT2D eigenvalue weighted by Gasteiger charge is 2.28. The van der Waals surface area contributed by atoms with Crippen LogP contribution in [0.1, 0.15) is 61.0 Å². The zero-order valence-corrected chi connectivity index (χ0v) is 14.9. The highest BCUT2D eigenvalue weighted by molar-refractivity contribution is 6.08. The normalized spacial score (nSPS) is 15.7. The van der Waals surface area contributed by atoms with Gasteiger partial charge in [0, 0.05) is 13.1 Å². The maximum Gasteiger partial charge on any atom is 0.342 e. The van der Waals surface area contributed by atoms with Crippen molar-refractivity contribution >= 4 is 22.9 Å². The predicted molar refractivity (Wildman–Crippen MR) is 92.5 cm³/mol. The van der Waals surface area contributed by atoms with Crippen LogP contribution in [0.4, 0.5) is 5.82 Å². The molecule has 0 amide bonds. The fraction of sp³-hybridized carbons (Fsp3) is 0.611. The van der Waals surface area contributed by atoms with Gasteiger partial charge in [-0.1, -0.05) is 19.3 Å². The van der Waals surface area contributed by atoms with E-state index in [4.69, 9.17) is 9.15 Å². The second-order valence-electron chi connectivity index (χ2n) is 6.43. The van der Waals surface area contributed by atoms with Crippen LogP contribution in [0.25, 0.3) is 11.1 Å². The van der Waals surface area contributed by atoms with Gasteiger partial charge < -0.3 is 14.1 Å². The highest BCUT2D eigenvalue weighted by Crippen LogP contribution is 2.34. The Balaban J connectivity index is 2.13. The molecule has 1 aliphatic carbocycles. The molecule has 0 saturated heterocycles. The van der Waals surface area contributed by atoms with Gasteiger partial charge in [0.15, 0.2) is 0 Å². The SMILES string of the molecule is CCOC(=O)c1c(C)oc2nc(C)nc(N(C)C3CCCCC3)c12. The molecule has 0 radical (unpaired) electrons. The number of rotatable bonds is 4. The Bertz CT molecular complexity index is 748. The third-order valence-corrected chi connectivity index (χ3v) is 4.76. The van der Waals surface area contributed by atoms with Crippen molar-refractivity contribution in [3.63, 3.8) is 0 Å². The lowest BCUT2D eigenvalue weighted by atomic mass is 9.94. The third kappa shape index (κ3) is 2.97. The van der Waals surface area contributed by atoms with Crippen molar-refractivity contribution in [2.24, 2.45) is 0 Å². The van der Waals surface area contributed by atoms with Crippen molar-refractivity contribution in [2.75, 3.05) is 18.6 Å². The number of aryl methyl sites for hydroxylation is 2. The minimum Gasteiger partial charge on any atom is -0.462 e. The van der Waals surface area contributed by atoms with Gasteiger partial charge in [-0.05, 0) is 33.6 Å². The molecule has 24 heavy (non-hydrogen) atoms. The quantitative estimate of drug-likeness (QED) is 0.794. The smallest absolute Gasteiger partial charge is 0.342 e. The zero-order chi connectivity index (χ0) is 17.3. The van der Waals surface area contributed by atoms with Gasteiger partial charge in [-0.3, -0.25) is 0 Å². The maximum atomic E-state index is 12.4. The first-order chi connectivity index (χ1) is 11.5. The van der Waals surface area contributed by atoms with Gasteiger partial charge >= 0.3 is 5.97 Å². The Labute approximate surface area is 142 Å². The van der Waals surface area contributed by atoms with E-state index >= 15 is 0 Å². The molecule has 3 rings (SSSR count). The molecule has 0 spiro atoms. The summed E-state index contributed by atoms with van der Waals surface area (Å²) in [6.07, 6.45) is 6.05. The average molecular weight is 331 g/mol. The first-order valence-corrected chi connectivity index (χ1v) is 8.70. The van der Waals surface area contributed by atoms with Gasteiger partial charge in [-0.2, -0.15) is 4.98 Å². The van der Waals surface area contributed by atoms with E-state index in [0.29, 0.717) is 40.9 Å². The highest BCUT2D eigenvalue weighted by atomic mass is 16.5. The summed E-state index contributed by atoms with van der Waals surface area (Å²) in [6, 6.07) is 0.432. The average Bonchev–Trinajstić information content (AvgIpc) is 2.90. The van der Waals surface area contributed by atoms with Crippen LogP contribution < -0.4 is 4.90 Å².